The minimum absolute atomic E-state index is 0.0781. The number of hydrogen-bond donors (Lipinski definition) is 0. The van der Waals surface area contributed by atoms with Crippen molar-refractivity contribution in [2.24, 2.45) is 0 Å². The number of ether oxygens (including phenoxy) is 3. The first-order valence-electron chi connectivity index (χ1n) is 16.2. The third-order valence-electron chi connectivity index (χ3n) is 6.77. The van der Waals surface area contributed by atoms with Gasteiger partial charge in [0, 0.05) is 19.3 Å². The van der Waals surface area contributed by atoms with Gasteiger partial charge in [0.1, 0.15) is 13.2 Å². The lowest BCUT2D eigenvalue weighted by Gasteiger charge is -2.18. The lowest BCUT2D eigenvalue weighted by molar-refractivity contribution is -0.167. The van der Waals surface area contributed by atoms with Crippen LogP contribution in [0.15, 0.2) is 12.2 Å². The Morgan fingerprint density at radius 3 is 1.33 bits per heavy atom. The Balaban J connectivity index is 4.09. The number of rotatable bonds is 28. The third kappa shape index (κ3) is 27.5. The van der Waals surface area contributed by atoms with Gasteiger partial charge < -0.3 is 14.2 Å². The largest absolute Gasteiger partial charge is 0.462 e. The van der Waals surface area contributed by atoms with Gasteiger partial charge in [-0.1, -0.05) is 110 Å². The molecular formula is C33H60O6. The molecule has 0 radical (unpaired) electrons. The summed E-state index contributed by atoms with van der Waals surface area (Å²) in [5.74, 6) is -0.950. The fourth-order valence-corrected chi connectivity index (χ4v) is 4.26. The van der Waals surface area contributed by atoms with E-state index in [1.165, 1.54) is 57.8 Å². The lowest BCUT2D eigenvalue weighted by Crippen LogP contribution is -2.30. The molecule has 0 fully saturated rings. The van der Waals surface area contributed by atoms with Gasteiger partial charge >= 0.3 is 17.9 Å². The SMILES string of the molecule is CCCCCCCCC=CCCCCCCCC(=O)OC(COC(=O)CCCCC)COC(=O)CCCCC. The maximum Gasteiger partial charge on any atom is 0.306 e. The molecule has 0 spiro atoms. The summed E-state index contributed by atoms with van der Waals surface area (Å²) in [6.45, 7) is 6.25. The first-order valence-corrected chi connectivity index (χ1v) is 16.2. The molecule has 0 aliphatic carbocycles. The van der Waals surface area contributed by atoms with Gasteiger partial charge in [0.15, 0.2) is 6.10 Å². The zero-order valence-electron chi connectivity index (χ0n) is 25.7. The number of allylic oxidation sites excluding steroid dienone is 2. The third-order valence-corrected chi connectivity index (χ3v) is 6.77. The number of carbonyl (C=O) groups excluding carboxylic acids is 3. The Kier molecular flexibility index (Phi) is 27.8. The average Bonchev–Trinajstić information content (AvgIpc) is 2.92. The molecule has 0 bridgehead atoms. The maximum atomic E-state index is 12.4. The van der Waals surface area contributed by atoms with Crippen molar-refractivity contribution in [3.63, 3.8) is 0 Å². The molecule has 0 N–H and O–H groups in total. The van der Waals surface area contributed by atoms with E-state index in [0.29, 0.717) is 19.3 Å². The number of esters is 3. The van der Waals surface area contributed by atoms with Crippen LogP contribution in [-0.4, -0.2) is 37.2 Å². The summed E-state index contributed by atoms with van der Waals surface area (Å²) in [6, 6.07) is 0. The van der Waals surface area contributed by atoms with Gasteiger partial charge in [0.05, 0.1) is 0 Å². The molecule has 0 unspecified atom stereocenters. The van der Waals surface area contributed by atoms with Gasteiger partial charge in [-0.05, 0) is 44.9 Å². The van der Waals surface area contributed by atoms with Crippen LogP contribution >= 0.6 is 0 Å². The van der Waals surface area contributed by atoms with Crippen LogP contribution in [0.1, 0.15) is 162 Å². The van der Waals surface area contributed by atoms with Gasteiger partial charge in [0.25, 0.3) is 0 Å². The van der Waals surface area contributed by atoms with E-state index >= 15 is 0 Å². The monoisotopic (exact) mass is 552 g/mol. The van der Waals surface area contributed by atoms with Crippen LogP contribution in [0.3, 0.4) is 0 Å². The molecule has 0 atom stereocenters. The Hall–Kier alpha value is -1.85. The molecule has 6 heteroatoms. The summed E-state index contributed by atoms with van der Waals surface area (Å²) in [5, 5.41) is 0. The molecule has 0 amide bonds. The van der Waals surface area contributed by atoms with Gasteiger partial charge in [0.2, 0.25) is 0 Å². The molecule has 0 aliphatic heterocycles. The second kappa shape index (κ2) is 29.1. The van der Waals surface area contributed by atoms with Gasteiger partial charge in [-0.3, -0.25) is 14.4 Å². The Bertz CT molecular complexity index is 589. The zero-order valence-corrected chi connectivity index (χ0v) is 25.7. The van der Waals surface area contributed by atoms with Crippen LogP contribution in [0.4, 0.5) is 0 Å². The summed E-state index contributed by atoms with van der Waals surface area (Å²) in [4.78, 5) is 36.3. The quantitative estimate of drug-likeness (QED) is 0.0416. The second-order valence-electron chi connectivity index (χ2n) is 10.7. The summed E-state index contributed by atoms with van der Waals surface area (Å²) >= 11 is 0. The van der Waals surface area contributed by atoms with Crippen LogP contribution in [0.25, 0.3) is 0 Å². The molecule has 228 valence electrons. The predicted octanol–water partition coefficient (Wildman–Crippen LogP) is 9.18. The van der Waals surface area contributed by atoms with E-state index < -0.39 is 6.10 Å². The molecule has 0 aliphatic rings. The van der Waals surface area contributed by atoms with Crippen molar-refractivity contribution in [3.05, 3.63) is 12.2 Å². The highest BCUT2D eigenvalue weighted by Crippen LogP contribution is 2.11. The van der Waals surface area contributed by atoms with Crippen molar-refractivity contribution in [2.75, 3.05) is 13.2 Å². The minimum atomic E-state index is -0.758. The van der Waals surface area contributed by atoms with Crippen LogP contribution < -0.4 is 0 Å². The van der Waals surface area contributed by atoms with Crippen molar-refractivity contribution in [1.29, 1.82) is 0 Å². The van der Waals surface area contributed by atoms with Crippen molar-refractivity contribution in [3.8, 4) is 0 Å². The normalized spacial score (nSPS) is 11.3. The van der Waals surface area contributed by atoms with E-state index in [4.69, 9.17) is 14.2 Å². The smallest absolute Gasteiger partial charge is 0.306 e. The minimum Gasteiger partial charge on any atom is -0.462 e. The number of unbranched alkanes of at least 4 members (excludes halogenated alkanes) is 15. The topological polar surface area (TPSA) is 78.9 Å². The van der Waals surface area contributed by atoms with Crippen molar-refractivity contribution >= 4 is 17.9 Å². The predicted molar refractivity (Wildman–Crippen MR) is 160 cm³/mol. The Morgan fingerprint density at radius 1 is 0.487 bits per heavy atom. The van der Waals surface area contributed by atoms with Crippen molar-refractivity contribution in [1.82, 2.24) is 0 Å². The molecule has 0 aromatic heterocycles. The maximum absolute atomic E-state index is 12.4. The molecule has 0 rings (SSSR count). The van der Waals surface area contributed by atoms with E-state index in [1.54, 1.807) is 0 Å². The standard InChI is InChI=1S/C33H60O6/c1-4-7-10-11-12-13-14-15-16-17-18-19-20-21-24-27-33(36)39-30(28-37-31(34)25-22-8-5-2)29-38-32(35)26-23-9-6-3/h15-16,30H,4-14,17-29H2,1-3H3. The van der Waals surface area contributed by atoms with E-state index in [2.05, 4.69) is 32.9 Å². The molecule has 0 aromatic carbocycles. The Morgan fingerprint density at radius 2 is 0.846 bits per heavy atom. The van der Waals surface area contributed by atoms with Crippen molar-refractivity contribution < 1.29 is 28.6 Å². The van der Waals surface area contributed by atoms with E-state index in [0.717, 1.165) is 64.2 Å². The molecule has 0 saturated carbocycles. The molecule has 0 aromatic rings. The number of carbonyl (C=O) groups is 3. The van der Waals surface area contributed by atoms with Crippen LogP contribution in [0.2, 0.25) is 0 Å². The average molecular weight is 553 g/mol. The summed E-state index contributed by atoms with van der Waals surface area (Å²) in [6.07, 6.45) is 26.1. The fourth-order valence-electron chi connectivity index (χ4n) is 4.26. The van der Waals surface area contributed by atoms with E-state index in [9.17, 15) is 14.4 Å². The summed E-state index contributed by atoms with van der Waals surface area (Å²) in [5.41, 5.74) is 0. The second-order valence-corrected chi connectivity index (χ2v) is 10.7. The van der Waals surface area contributed by atoms with Gasteiger partial charge in [-0.25, -0.2) is 0 Å². The first kappa shape index (κ1) is 37.1. The Labute approximate surface area is 240 Å². The fraction of sp³-hybridized carbons (Fsp3) is 0.848. The first-order chi connectivity index (χ1) is 19.0. The highest BCUT2D eigenvalue weighted by atomic mass is 16.6. The van der Waals surface area contributed by atoms with Crippen LogP contribution in [0.5, 0.6) is 0 Å². The summed E-state index contributed by atoms with van der Waals surface area (Å²) in [7, 11) is 0. The van der Waals surface area contributed by atoms with Gasteiger partial charge in [-0.15, -0.1) is 0 Å². The van der Waals surface area contributed by atoms with Crippen LogP contribution in [0, 0.1) is 0 Å². The molecule has 6 nitrogen and oxygen atoms in total. The molecular weight excluding hydrogens is 492 g/mol. The zero-order chi connectivity index (χ0) is 28.8. The lowest BCUT2D eigenvalue weighted by atomic mass is 10.1. The molecule has 39 heavy (non-hydrogen) atoms. The van der Waals surface area contributed by atoms with Gasteiger partial charge in [-0.2, -0.15) is 0 Å². The molecule has 0 heterocycles. The number of hydrogen-bond acceptors (Lipinski definition) is 6. The van der Waals surface area contributed by atoms with E-state index in [1.807, 2.05) is 0 Å². The molecule has 0 saturated heterocycles. The highest BCUT2D eigenvalue weighted by Gasteiger charge is 2.19. The van der Waals surface area contributed by atoms with E-state index in [-0.39, 0.29) is 31.1 Å². The summed E-state index contributed by atoms with van der Waals surface area (Å²) < 4.78 is 16.1. The van der Waals surface area contributed by atoms with Crippen LogP contribution in [-0.2, 0) is 28.6 Å². The highest BCUT2D eigenvalue weighted by molar-refractivity contribution is 5.71. The van der Waals surface area contributed by atoms with Crippen molar-refractivity contribution in [2.45, 2.75) is 168 Å².